The molecule has 2 aromatic heterocycles. The molecule has 1 atom stereocenters. The van der Waals surface area contributed by atoms with Crippen LogP contribution in [0.4, 0.5) is 11.4 Å². The summed E-state index contributed by atoms with van der Waals surface area (Å²) in [6.45, 7) is 4.08. The van der Waals surface area contributed by atoms with Crippen molar-refractivity contribution < 1.29 is 19.4 Å². The first-order valence-electron chi connectivity index (χ1n) is 16.6. The number of likely N-dealkylation sites (tertiary alicyclic amines) is 1. The summed E-state index contributed by atoms with van der Waals surface area (Å²) >= 11 is 0. The van der Waals surface area contributed by atoms with Crippen molar-refractivity contribution in [2.24, 2.45) is 0 Å². The van der Waals surface area contributed by atoms with E-state index >= 15 is 0 Å². The molecule has 1 saturated heterocycles. The molecule has 1 fully saturated rings. The normalized spacial score (nSPS) is 18.9. The first kappa shape index (κ1) is 29.7. The lowest BCUT2D eigenvalue weighted by Crippen LogP contribution is -2.46. The number of nitrogens with zero attached hydrogens (tertiary/aromatic N) is 4. The predicted octanol–water partition coefficient (Wildman–Crippen LogP) is 3.16. The molecule has 8 rings (SSSR count). The highest BCUT2D eigenvalue weighted by Crippen LogP contribution is 2.40. The van der Waals surface area contributed by atoms with Gasteiger partial charge >= 0.3 is 0 Å². The monoisotopic (exact) mass is 637 g/mol. The molecule has 244 valence electrons. The topological polar surface area (TPSA) is 147 Å². The molecule has 12 nitrogen and oxygen atoms in total. The number of aryl methyl sites for hydroxylation is 1. The van der Waals surface area contributed by atoms with Crippen LogP contribution in [0.25, 0.3) is 22.4 Å². The van der Waals surface area contributed by atoms with Gasteiger partial charge in [0.25, 0.3) is 17.4 Å². The first-order chi connectivity index (χ1) is 22.9. The van der Waals surface area contributed by atoms with Crippen molar-refractivity contribution in [3.63, 3.8) is 0 Å². The van der Waals surface area contributed by atoms with Crippen LogP contribution in [0.3, 0.4) is 0 Å². The largest absolute Gasteiger partial charge is 0.490 e. The fourth-order valence-corrected chi connectivity index (χ4v) is 7.68. The Kier molecular flexibility index (Phi) is 7.48. The van der Waals surface area contributed by atoms with Crippen molar-refractivity contribution in [3.8, 4) is 17.1 Å². The van der Waals surface area contributed by atoms with Crippen LogP contribution in [0.1, 0.15) is 57.5 Å². The molecule has 6 heterocycles. The van der Waals surface area contributed by atoms with E-state index in [4.69, 9.17) is 4.74 Å². The van der Waals surface area contributed by atoms with Crippen molar-refractivity contribution in [1.29, 1.82) is 0 Å². The van der Waals surface area contributed by atoms with Crippen LogP contribution < -0.4 is 20.5 Å². The number of aliphatic hydroxyl groups excluding tert-OH is 1. The van der Waals surface area contributed by atoms with E-state index < -0.39 is 6.10 Å². The van der Waals surface area contributed by atoms with Gasteiger partial charge in [0.1, 0.15) is 29.8 Å². The number of benzene rings is 2. The molecule has 0 saturated carbocycles. The number of amides is 2. The van der Waals surface area contributed by atoms with Gasteiger partial charge in [0.2, 0.25) is 0 Å². The summed E-state index contributed by atoms with van der Waals surface area (Å²) in [7, 11) is 2.04. The summed E-state index contributed by atoms with van der Waals surface area (Å²) in [5.74, 6) is 0.542. The van der Waals surface area contributed by atoms with Gasteiger partial charge < -0.3 is 34.9 Å². The third-order valence-corrected chi connectivity index (χ3v) is 10.1. The average Bonchev–Trinajstić information content (AvgIpc) is 3.60. The number of rotatable bonds is 8. The van der Waals surface area contributed by atoms with Crippen LogP contribution in [0.5, 0.6) is 5.75 Å². The minimum Gasteiger partial charge on any atom is -0.490 e. The number of imidazole rings is 1. The van der Waals surface area contributed by atoms with Crippen LogP contribution in [0.2, 0.25) is 0 Å². The van der Waals surface area contributed by atoms with Crippen molar-refractivity contribution in [2.75, 3.05) is 56.6 Å². The van der Waals surface area contributed by atoms with Crippen LogP contribution in [-0.4, -0.2) is 100 Å². The Hall–Kier alpha value is -4.68. The number of aromatic amines is 2. The minimum atomic E-state index is -0.840. The average molecular weight is 638 g/mol. The van der Waals surface area contributed by atoms with Crippen molar-refractivity contribution in [2.45, 2.75) is 50.7 Å². The summed E-state index contributed by atoms with van der Waals surface area (Å²) in [6, 6.07) is 9.08. The van der Waals surface area contributed by atoms with E-state index in [1.807, 2.05) is 13.1 Å². The van der Waals surface area contributed by atoms with Gasteiger partial charge in [-0.3, -0.25) is 19.3 Å². The maximum absolute atomic E-state index is 13.4. The fourth-order valence-electron chi connectivity index (χ4n) is 7.68. The van der Waals surface area contributed by atoms with E-state index in [-0.39, 0.29) is 42.1 Å². The molecule has 2 aromatic carbocycles. The molecular formula is C35H39N7O5. The highest BCUT2D eigenvalue weighted by Gasteiger charge is 2.41. The van der Waals surface area contributed by atoms with Gasteiger partial charge in [0, 0.05) is 43.1 Å². The lowest BCUT2D eigenvalue weighted by molar-refractivity contribution is 0.0516. The number of imide groups is 1. The molecule has 0 radical (unpaired) electrons. The van der Waals surface area contributed by atoms with E-state index in [0.717, 1.165) is 64.0 Å². The van der Waals surface area contributed by atoms with E-state index in [1.54, 1.807) is 18.2 Å². The third kappa shape index (κ3) is 5.25. The van der Waals surface area contributed by atoms with Crippen LogP contribution in [0.15, 0.2) is 41.3 Å². The Bertz CT molecular complexity index is 1890. The number of fused-ring (bicyclic) bond motifs is 2. The number of carbonyl (C=O) groups excluding carboxylic acids is 2. The molecule has 0 aliphatic carbocycles. The number of piperidine rings is 1. The summed E-state index contributed by atoms with van der Waals surface area (Å²) in [6.07, 6.45) is 6.53. The number of hydrogen-bond donors (Lipinski definition) is 4. The smallest absolute Gasteiger partial charge is 0.261 e. The number of pyridine rings is 1. The molecular weight excluding hydrogens is 598 g/mol. The molecule has 4 aromatic rings. The zero-order valence-corrected chi connectivity index (χ0v) is 26.5. The van der Waals surface area contributed by atoms with Crippen LogP contribution in [0, 0.1) is 0 Å². The Morgan fingerprint density at radius 1 is 1.02 bits per heavy atom. The van der Waals surface area contributed by atoms with Gasteiger partial charge in [0.05, 0.1) is 27.8 Å². The Balaban J connectivity index is 0.982. The first-order valence-corrected chi connectivity index (χ1v) is 16.6. The second-order valence-corrected chi connectivity index (χ2v) is 13.2. The summed E-state index contributed by atoms with van der Waals surface area (Å²) < 4.78 is 6.15. The number of aliphatic hydroxyl groups is 1. The van der Waals surface area contributed by atoms with Crippen molar-refractivity contribution in [3.05, 3.63) is 69.1 Å². The second kappa shape index (κ2) is 11.8. The molecule has 4 N–H and O–H groups in total. The molecule has 4 aliphatic heterocycles. The quantitative estimate of drug-likeness (QED) is 0.214. The van der Waals surface area contributed by atoms with Gasteiger partial charge in [-0.15, -0.1) is 0 Å². The highest BCUT2D eigenvalue weighted by molar-refractivity contribution is 6.23. The molecule has 1 unspecified atom stereocenters. The maximum atomic E-state index is 13.4. The van der Waals surface area contributed by atoms with Crippen molar-refractivity contribution in [1.82, 2.24) is 24.8 Å². The molecule has 12 heteroatoms. The molecule has 0 spiro atoms. The lowest BCUT2D eigenvalue weighted by atomic mass is 9.91. The number of ether oxygens (including phenoxy) is 1. The molecule has 4 aliphatic rings. The van der Waals surface area contributed by atoms with E-state index in [2.05, 4.69) is 36.1 Å². The Morgan fingerprint density at radius 3 is 2.60 bits per heavy atom. The fraction of sp³-hybridized carbons (Fsp3) is 0.429. The summed E-state index contributed by atoms with van der Waals surface area (Å²) in [5.41, 5.74) is 6.04. The highest BCUT2D eigenvalue weighted by atomic mass is 16.5. The van der Waals surface area contributed by atoms with Gasteiger partial charge in [-0.2, -0.15) is 0 Å². The maximum Gasteiger partial charge on any atom is 0.261 e. The summed E-state index contributed by atoms with van der Waals surface area (Å²) in [5, 5.41) is 14.1. The number of aromatic nitrogens is 3. The molecule has 47 heavy (non-hydrogen) atoms. The summed E-state index contributed by atoms with van der Waals surface area (Å²) in [4.78, 5) is 56.5. The van der Waals surface area contributed by atoms with E-state index in [1.165, 1.54) is 34.3 Å². The van der Waals surface area contributed by atoms with Gasteiger partial charge in [-0.05, 0) is 88.5 Å². The number of nitrogens with one attached hydrogen (secondary N) is 3. The number of carbonyl (C=O) groups is 2. The van der Waals surface area contributed by atoms with Gasteiger partial charge in [0.15, 0.2) is 0 Å². The second-order valence-electron chi connectivity index (χ2n) is 13.2. The van der Waals surface area contributed by atoms with Gasteiger partial charge in [-0.25, -0.2) is 4.98 Å². The van der Waals surface area contributed by atoms with Crippen LogP contribution >= 0.6 is 0 Å². The van der Waals surface area contributed by atoms with E-state index in [9.17, 15) is 19.5 Å². The zero-order chi connectivity index (χ0) is 32.2. The molecule has 2 amide bonds. The SMILES string of the molecule is CN1CCC(N2C(=O)c3cc4nc(-c5c(NCC(O)COc6ccc7c8c6CCCN8CCC7)cc[nH]c5=O)[nH]c4cc3C2=O)CC1. The van der Waals surface area contributed by atoms with E-state index in [0.29, 0.717) is 33.7 Å². The number of anilines is 2. The standard InChI is InChI=1S/C35H39N7O5/c1-40-14-9-21(10-15-40)42-34(45)24-16-27-28(17-25(24)35(42)46)39-32(38-27)30-26(8-11-36-33(30)44)37-18-22(43)19-47-29-7-6-20-4-2-12-41-13-3-5-23(29)31(20)41/h6-8,11,16-17,21-22,43H,2-5,9-10,12-15,18-19H2,1H3,(H,38,39)(H2,36,37,44). The van der Waals surface area contributed by atoms with Crippen LogP contribution in [-0.2, 0) is 12.8 Å². The van der Waals surface area contributed by atoms with Gasteiger partial charge in [-0.1, -0.05) is 6.07 Å². The number of H-pyrrole nitrogens is 2. The lowest BCUT2D eigenvalue weighted by Gasteiger charge is -2.37. The Morgan fingerprint density at radius 2 is 1.79 bits per heavy atom. The van der Waals surface area contributed by atoms with Crippen molar-refractivity contribution >= 4 is 34.2 Å². The molecule has 0 bridgehead atoms. The number of hydrogen-bond acceptors (Lipinski definition) is 9. The Labute approximate surface area is 271 Å². The third-order valence-electron chi connectivity index (χ3n) is 10.1. The predicted molar refractivity (Wildman–Crippen MR) is 178 cm³/mol. The minimum absolute atomic E-state index is 0.101. The zero-order valence-electron chi connectivity index (χ0n) is 26.5.